The Hall–Kier alpha value is -0.290. The van der Waals surface area contributed by atoms with Crippen LogP contribution < -0.4 is 0 Å². The average molecular weight is 184 g/mol. The number of hydrogen-bond acceptors (Lipinski definition) is 2. The molecule has 0 aromatic carbocycles. The molecule has 0 aliphatic carbocycles. The Labute approximate surface area is 68.6 Å². The van der Waals surface area contributed by atoms with Gasteiger partial charge in [0.25, 0.3) is 0 Å². The molecule has 0 radical (unpaired) electrons. The zero-order valence-corrected chi connectivity index (χ0v) is 6.89. The summed E-state index contributed by atoms with van der Waals surface area (Å²) in [6.07, 6.45) is -7.21. The molecule has 72 valence electrons. The van der Waals surface area contributed by atoms with E-state index in [1.54, 1.807) is 6.92 Å². The topological polar surface area (TPSA) is 18.5 Å². The molecular formula is C7H11F3O2. The van der Waals surface area contributed by atoms with Crippen molar-refractivity contribution >= 4 is 0 Å². The Kier molecular flexibility index (Phi) is 2.63. The maximum absolute atomic E-state index is 12.1. The second-order valence-electron chi connectivity index (χ2n) is 2.92. The van der Waals surface area contributed by atoms with Gasteiger partial charge in [0.05, 0.1) is 6.10 Å². The van der Waals surface area contributed by atoms with E-state index in [9.17, 15) is 13.2 Å². The molecule has 1 aliphatic rings. The fourth-order valence-corrected chi connectivity index (χ4v) is 1.21. The van der Waals surface area contributed by atoms with Gasteiger partial charge in [-0.15, -0.1) is 0 Å². The van der Waals surface area contributed by atoms with Crippen molar-refractivity contribution in [2.75, 3.05) is 0 Å². The van der Waals surface area contributed by atoms with E-state index in [1.807, 2.05) is 0 Å². The first kappa shape index (κ1) is 9.80. The Morgan fingerprint density at radius 2 is 1.75 bits per heavy atom. The van der Waals surface area contributed by atoms with Crippen LogP contribution >= 0.6 is 0 Å². The summed E-state index contributed by atoms with van der Waals surface area (Å²) in [6.45, 7) is 3.08. The molecule has 1 rings (SSSR count). The fraction of sp³-hybridized carbons (Fsp3) is 1.00. The van der Waals surface area contributed by atoms with Gasteiger partial charge in [-0.05, 0) is 13.8 Å². The maximum atomic E-state index is 12.1. The molecule has 0 aromatic heterocycles. The van der Waals surface area contributed by atoms with Crippen LogP contribution in [-0.2, 0) is 9.47 Å². The number of alkyl halides is 3. The van der Waals surface area contributed by atoms with E-state index < -0.39 is 18.6 Å². The highest BCUT2D eigenvalue weighted by molar-refractivity contribution is 4.74. The van der Waals surface area contributed by atoms with E-state index in [1.165, 1.54) is 6.92 Å². The van der Waals surface area contributed by atoms with Gasteiger partial charge in [-0.2, -0.15) is 13.2 Å². The second-order valence-corrected chi connectivity index (χ2v) is 2.92. The minimum Gasteiger partial charge on any atom is -0.350 e. The summed E-state index contributed by atoms with van der Waals surface area (Å²) in [6, 6.07) is 0. The minimum atomic E-state index is -4.27. The van der Waals surface area contributed by atoms with Crippen molar-refractivity contribution in [3.05, 3.63) is 0 Å². The largest absolute Gasteiger partial charge is 0.414 e. The monoisotopic (exact) mass is 184 g/mol. The zero-order valence-electron chi connectivity index (χ0n) is 6.89. The predicted octanol–water partition coefficient (Wildman–Crippen LogP) is 2.09. The van der Waals surface area contributed by atoms with E-state index in [-0.39, 0.29) is 12.5 Å². The van der Waals surface area contributed by atoms with Crippen molar-refractivity contribution < 1.29 is 22.6 Å². The van der Waals surface area contributed by atoms with Gasteiger partial charge in [0.1, 0.15) is 0 Å². The Bertz CT molecular complexity index is 147. The van der Waals surface area contributed by atoms with Gasteiger partial charge in [-0.25, -0.2) is 0 Å². The molecule has 0 saturated carbocycles. The van der Waals surface area contributed by atoms with Gasteiger partial charge in [0, 0.05) is 6.42 Å². The maximum Gasteiger partial charge on any atom is 0.414 e. The predicted molar refractivity (Wildman–Crippen MR) is 35.6 cm³/mol. The quantitative estimate of drug-likeness (QED) is 0.573. The van der Waals surface area contributed by atoms with Crippen LogP contribution in [0.15, 0.2) is 0 Å². The summed E-state index contributed by atoms with van der Waals surface area (Å²) in [5.41, 5.74) is 0. The molecule has 1 saturated heterocycles. The summed E-state index contributed by atoms with van der Waals surface area (Å²) in [5, 5.41) is 0. The standard InChI is InChI=1S/C7H11F3O2/c1-4-3-6(7(8,9)10)12-5(2)11-4/h4-6H,3H2,1-2H3/t4-,5+,6-/m0/s1. The number of hydrogen-bond donors (Lipinski definition) is 0. The summed E-state index contributed by atoms with van der Waals surface area (Å²) in [7, 11) is 0. The summed E-state index contributed by atoms with van der Waals surface area (Å²) in [5.74, 6) is 0. The van der Waals surface area contributed by atoms with Crippen molar-refractivity contribution in [3.8, 4) is 0 Å². The lowest BCUT2D eigenvalue weighted by Crippen LogP contribution is -2.43. The fourth-order valence-electron chi connectivity index (χ4n) is 1.21. The van der Waals surface area contributed by atoms with Crippen LogP contribution in [0.2, 0.25) is 0 Å². The average Bonchev–Trinajstić information content (AvgIpc) is 1.82. The first-order valence-corrected chi connectivity index (χ1v) is 3.77. The van der Waals surface area contributed by atoms with Crippen LogP contribution in [0.1, 0.15) is 20.3 Å². The van der Waals surface area contributed by atoms with Crippen molar-refractivity contribution in [1.29, 1.82) is 0 Å². The SMILES string of the molecule is C[C@H]1O[C@H](C(F)(F)F)C[C@H](C)O1. The molecule has 1 aliphatic heterocycles. The van der Waals surface area contributed by atoms with Crippen molar-refractivity contribution in [3.63, 3.8) is 0 Å². The summed E-state index contributed by atoms with van der Waals surface area (Å²) >= 11 is 0. The van der Waals surface area contributed by atoms with Crippen molar-refractivity contribution in [1.82, 2.24) is 0 Å². The van der Waals surface area contributed by atoms with Crippen molar-refractivity contribution in [2.45, 2.75) is 44.9 Å². The van der Waals surface area contributed by atoms with Crippen LogP contribution in [0.25, 0.3) is 0 Å². The molecular weight excluding hydrogens is 173 g/mol. The molecule has 1 fully saturated rings. The molecule has 2 nitrogen and oxygen atoms in total. The molecule has 0 spiro atoms. The van der Waals surface area contributed by atoms with Gasteiger partial charge >= 0.3 is 6.18 Å². The molecule has 5 heteroatoms. The van der Waals surface area contributed by atoms with Gasteiger partial charge in [-0.3, -0.25) is 0 Å². The Morgan fingerprint density at radius 1 is 1.17 bits per heavy atom. The normalized spacial score (nSPS) is 38.2. The lowest BCUT2D eigenvalue weighted by Gasteiger charge is -2.33. The molecule has 0 N–H and O–H groups in total. The molecule has 0 bridgehead atoms. The Balaban J connectivity index is 2.55. The van der Waals surface area contributed by atoms with Crippen LogP contribution in [0, 0.1) is 0 Å². The van der Waals surface area contributed by atoms with Crippen molar-refractivity contribution in [2.24, 2.45) is 0 Å². The van der Waals surface area contributed by atoms with Gasteiger partial charge < -0.3 is 9.47 Å². The van der Waals surface area contributed by atoms with Crippen LogP contribution in [0.3, 0.4) is 0 Å². The number of ether oxygens (including phenoxy) is 2. The lowest BCUT2D eigenvalue weighted by molar-refractivity contribution is -0.310. The third-order valence-corrected chi connectivity index (χ3v) is 1.69. The molecule has 1 heterocycles. The highest BCUT2D eigenvalue weighted by Gasteiger charge is 2.44. The zero-order chi connectivity index (χ0) is 9.35. The molecule has 0 amide bonds. The van der Waals surface area contributed by atoms with E-state index in [0.29, 0.717) is 0 Å². The second kappa shape index (κ2) is 3.22. The van der Waals surface area contributed by atoms with E-state index in [4.69, 9.17) is 4.74 Å². The first-order valence-electron chi connectivity index (χ1n) is 3.77. The Morgan fingerprint density at radius 3 is 2.17 bits per heavy atom. The van der Waals surface area contributed by atoms with Crippen LogP contribution in [0.5, 0.6) is 0 Å². The first-order chi connectivity index (χ1) is 5.39. The highest BCUT2D eigenvalue weighted by Crippen LogP contribution is 2.31. The lowest BCUT2D eigenvalue weighted by atomic mass is 10.1. The summed E-state index contributed by atoms with van der Waals surface area (Å²) in [4.78, 5) is 0. The number of halogens is 3. The molecule has 12 heavy (non-hydrogen) atoms. The highest BCUT2D eigenvalue weighted by atomic mass is 19.4. The third-order valence-electron chi connectivity index (χ3n) is 1.69. The van der Waals surface area contributed by atoms with Gasteiger partial charge in [0.2, 0.25) is 0 Å². The van der Waals surface area contributed by atoms with Gasteiger partial charge in [0.15, 0.2) is 12.4 Å². The molecule has 0 aromatic rings. The molecule has 0 unspecified atom stereocenters. The van der Waals surface area contributed by atoms with Crippen LogP contribution in [0.4, 0.5) is 13.2 Å². The number of rotatable bonds is 0. The third kappa shape index (κ3) is 2.35. The smallest absolute Gasteiger partial charge is 0.350 e. The van der Waals surface area contributed by atoms with E-state index in [2.05, 4.69) is 4.74 Å². The van der Waals surface area contributed by atoms with E-state index >= 15 is 0 Å². The van der Waals surface area contributed by atoms with E-state index in [0.717, 1.165) is 0 Å². The summed E-state index contributed by atoms with van der Waals surface area (Å²) < 4.78 is 45.9. The van der Waals surface area contributed by atoms with Gasteiger partial charge in [-0.1, -0.05) is 0 Å². The minimum absolute atomic E-state index is 0.117. The van der Waals surface area contributed by atoms with Crippen LogP contribution in [-0.4, -0.2) is 24.7 Å². The molecule has 3 atom stereocenters.